The van der Waals surface area contributed by atoms with Crippen LogP contribution in [0.1, 0.15) is 22.4 Å². The Bertz CT molecular complexity index is 977. The number of carbonyl (C=O) groups excluding carboxylic acids is 1. The summed E-state index contributed by atoms with van der Waals surface area (Å²) in [6.45, 7) is 2.27. The first-order chi connectivity index (χ1) is 13.2. The van der Waals surface area contributed by atoms with Crippen LogP contribution in [-0.4, -0.2) is 41.9 Å². The summed E-state index contributed by atoms with van der Waals surface area (Å²) in [6, 6.07) is 11.9. The Balaban J connectivity index is 1.52. The van der Waals surface area contributed by atoms with E-state index in [0.717, 1.165) is 30.4 Å². The molecular formula is C20H20N2O4S. The van der Waals surface area contributed by atoms with Crippen LogP contribution in [0.4, 0.5) is 0 Å². The average molecular weight is 384 g/mol. The van der Waals surface area contributed by atoms with E-state index in [2.05, 4.69) is 10.2 Å². The number of benzene rings is 1. The molecule has 1 amide bonds. The number of hydrogen-bond acceptors (Lipinski definition) is 6. The first-order valence-electron chi connectivity index (χ1n) is 8.88. The van der Waals surface area contributed by atoms with E-state index >= 15 is 0 Å². The summed E-state index contributed by atoms with van der Waals surface area (Å²) >= 11 is 1.93. The summed E-state index contributed by atoms with van der Waals surface area (Å²) in [5, 5.41) is 3.36. The fraction of sp³-hybridized carbons (Fsp3) is 0.300. The van der Waals surface area contributed by atoms with E-state index in [1.807, 2.05) is 23.9 Å². The number of rotatable bonds is 5. The van der Waals surface area contributed by atoms with Gasteiger partial charge < -0.3 is 14.2 Å². The Kier molecular flexibility index (Phi) is 5.31. The molecule has 0 bridgehead atoms. The van der Waals surface area contributed by atoms with E-state index in [0.29, 0.717) is 17.5 Å². The Morgan fingerprint density at radius 2 is 2.00 bits per heavy atom. The second-order valence-corrected chi connectivity index (χ2v) is 7.59. The number of nitrogens with zero attached hydrogens (tertiary/aromatic N) is 1. The Hall–Kier alpha value is -2.51. The number of hydrogen-bond donors (Lipinski definition) is 1. The number of furan rings is 1. The molecule has 1 aliphatic heterocycles. The van der Waals surface area contributed by atoms with Crippen LogP contribution in [0.15, 0.2) is 62.4 Å². The van der Waals surface area contributed by atoms with E-state index in [-0.39, 0.29) is 17.2 Å². The van der Waals surface area contributed by atoms with Gasteiger partial charge in [-0.05, 0) is 24.3 Å². The summed E-state index contributed by atoms with van der Waals surface area (Å²) < 4.78 is 11.2. The monoisotopic (exact) mass is 384 g/mol. The number of amides is 1. The van der Waals surface area contributed by atoms with E-state index in [9.17, 15) is 9.59 Å². The molecule has 1 saturated heterocycles. The number of nitrogens with one attached hydrogen (secondary N) is 1. The molecule has 0 unspecified atom stereocenters. The van der Waals surface area contributed by atoms with Crippen LogP contribution in [0.3, 0.4) is 0 Å². The van der Waals surface area contributed by atoms with Crippen LogP contribution in [0.25, 0.3) is 11.0 Å². The Morgan fingerprint density at radius 3 is 2.78 bits per heavy atom. The van der Waals surface area contributed by atoms with Crippen LogP contribution in [0.5, 0.6) is 0 Å². The average Bonchev–Trinajstić information content (AvgIpc) is 3.23. The van der Waals surface area contributed by atoms with Crippen LogP contribution in [0.2, 0.25) is 0 Å². The molecule has 1 N–H and O–H groups in total. The zero-order valence-corrected chi connectivity index (χ0v) is 15.5. The second kappa shape index (κ2) is 8.02. The van der Waals surface area contributed by atoms with Crippen LogP contribution < -0.4 is 10.7 Å². The molecule has 3 heterocycles. The lowest BCUT2D eigenvalue weighted by atomic mass is 10.1. The van der Waals surface area contributed by atoms with Crippen molar-refractivity contribution in [2.24, 2.45) is 0 Å². The van der Waals surface area contributed by atoms with Crippen molar-refractivity contribution in [3.8, 4) is 0 Å². The lowest BCUT2D eigenvalue weighted by molar-refractivity contribution is 0.0902. The third-order valence-corrected chi connectivity index (χ3v) is 5.61. The predicted molar refractivity (Wildman–Crippen MR) is 105 cm³/mol. The van der Waals surface area contributed by atoms with Gasteiger partial charge >= 0.3 is 0 Å². The third kappa shape index (κ3) is 3.94. The highest BCUT2D eigenvalue weighted by molar-refractivity contribution is 7.99. The normalized spacial score (nSPS) is 16.3. The van der Waals surface area contributed by atoms with E-state index < -0.39 is 5.91 Å². The molecule has 4 rings (SSSR count). The van der Waals surface area contributed by atoms with Gasteiger partial charge in [0.1, 0.15) is 11.3 Å². The van der Waals surface area contributed by atoms with Crippen LogP contribution >= 0.6 is 11.8 Å². The molecule has 0 radical (unpaired) electrons. The molecule has 0 saturated carbocycles. The number of para-hydroxylation sites is 1. The minimum atomic E-state index is -0.402. The first kappa shape index (κ1) is 17.9. The van der Waals surface area contributed by atoms with Gasteiger partial charge in [-0.25, -0.2) is 0 Å². The Morgan fingerprint density at radius 1 is 1.19 bits per heavy atom. The fourth-order valence-electron chi connectivity index (χ4n) is 3.27. The Labute approximate surface area is 160 Å². The van der Waals surface area contributed by atoms with Crippen molar-refractivity contribution < 1.29 is 13.6 Å². The minimum absolute atomic E-state index is 0.0195. The first-order valence-corrected chi connectivity index (χ1v) is 10.0. The van der Waals surface area contributed by atoms with Gasteiger partial charge in [0.25, 0.3) is 5.91 Å². The molecule has 27 heavy (non-hydrogen) atoms. The largest absolute Gasteiger partial charge is 0.468 e. The molecule has 1 aliphatic rings. The lowest BCUT2D eigenvalue weighted by Crippen LogP contribution is -2.42. The molecule has 0 aliphatic carbocycles. The summed E-state index contributed by atoms with van der Waals surface area (Å²) in [5.74, 6) is 2.56. The van der Waals surface area contributed by atoms with Crippen molar-refractivity contribution in [3.05, 3.63) is 70.5 Å². The number of fused-ring (bicyclic) bond motifs is 1. The highest BCUT2D eigenvalue weighted by Gasteiger charge is 2.25. The molecule has 0 spiro atoms. The predicted octanol–water partition coefficient (Wildman–Crippen LogP) is 2.91. The van der Waals surface area contributed by atoms with Crippen LogP contribution in [0, 0.1) is 0 Å². The van der Waals surface area contributed by atoms with Crippen molar-refractivity contribution in [3.63, 3.8) is 0 Å². The molecule has 1 fully saturated rings. The lowest BCUT2D eigenvalue weighted by Gasteiger charge is -2.33. The van der Waals surface area contributed by atoms with Gasteiger partial charge in [-0.3, -0.25) is 14.5 Å². The minimum Gasteiger partial charge on any atom is -0.468 e. The molecule has 6 nitrogen and oxygen atoms in total. The summed E-state index contributed by atoms with van der Waals surface area (Å²) in [4.78, 5) is 27.1. The van der Waals surface area contributed by atoms with Gasteiger partial charge in [-0.1, -0.05) is 12.1 Å². The number of thioether (sulfide) groups is 1. The topological polar surface area (TPSA) is 75.7 Å². The van der Waals surface area contributed by atoms with Gasteiger partial charge in [0, 0.05) is 37.2 Å². The van der Waals surface area contributed by atoms with Gasteiger partial charge in [0.2, 0.25) is 0 Å². The quantitative estimate of drug-likeness (QED) is 0.729. The van der Waals surface area contributed by atoms with Crippen LogP contribution in [-0.2, 0) is 0 Å². The summed E-state index contributed by atoms with van der Waals surface area (Å²) in [6.07, 6.45) is 1.64. The molecule has 3 aromatic rings. The maximum atomic E-state index is 12.6. The number of carbonyl (C=O) groups is 1. The smallest absolute Gasteiger partial charge is 0.287 e. The fourth-order valence-corrected chi connectivity index (χ4v) is 4.20. The van der Waals surface area contributed by atoms with E-state index in [1.54, 1.807) is 30.5 Å². The molecule has 2 aromatic heterocycles. The molecule has 1 aromatic carbocycles. The zero-order chi connectivity index (χ0) is 18.6. The highest BCUT2D eigenvalue weighted by Crippen LogP contribution is 2.24. The molecule has 140 valence electrons. The highest BCUT2D eigenvalue weighted by atomic mass is 32.2. The van der Waals surface area contributed by atoms with Gasteiger partial charge in [0.15, 0.2) is 11.2 Å². The maximum Gasteiger partial charge on any atom is 0.287 e. The van der Waals surface area contributed by atoms with Gasteiger partial charge in [-0.2, -0.15) is 11.8 Å². The summed E-state index contributed by atoms with van der Waals surface area (Å²) in [5.41, 5.74) is 0.184. The van der Waals surface area contributed by atoms with Gasteiger partial charge in [0.05, 0.1) is 17.7 Å². The third-order valence-electron chi connectivity index (χ3n) is 4.67. The maximum absolute atomic E-state index is 12.6. The second-order valence-electron chi connectivity index (χ2n) is 6.36. The summed E-state index contributed by atoms with van der Waals surface area (Å²) in [7, 11) is 0. The van der Waals surface area contributed by atoms with Crippen molar-refractivity contribution in [2.75, 3.05) is 31.1 Å². The van der Waals surface area contributed by atoms with Gasteiger partial charge in [-0.15, -0.1) is 0 Å². The molecular weight excluding hydrogens is 364 g/mol. The van der Waals surface area contributed by atoms with Crippen molar-refractivity contribution in [2.45, 2.75) is 6.04 Å². The SMILES string of the molecule is O=C(NC[C@@H](c1ccco1)N1CCSCC1)c1cc(=O)c2ccccc2o1. The van der Waals surface area contributed by atoms with Crippen molar-refractivity contribution in [1.29, 1.82) is 0 Å². The van der Waals surface area contributed by atoms with Crippen molar-refractivity contribution >= 4 is 28.6 Å². The van der Waals surface area contributed by atoms with Crippen molar-refractivity contribution in [1.82, 2.24) is 10.2 Å². The molecule has 1 atom stereocenters. The van der Waals surface area contributed by atoms with E-state index in [1.165, 1.54) is 6.07 Å². The van der Waals surface area contributed by atoms with E-state index in [4.69, 9.17) is 8.83 Å². The standard InChI is InChI=1S/C20H20N2O4S/c23-16-12-19(26-17-5-2-1-4-14(16)17)20(24)21-13-15(18-6-3-9-25-18)22-7-10-27-11-8-22/h1-6,9,12,15H,7-8,10-11,13H2,(H,21,24)/t15-/m0/s1. The molecule has 7 heteroatoms. The zero-order valence-electron chi connectivity index (χ0n) is 14.7.